The van der Waals surface area contributed by atoms with Crippen LogP contribution in [0, 0.1) is 5.41 Å². The number of hydrogen-bond acceptors (Lipinski definition) is 5. The fraction of sp³-hybridized carbons (Fsp3) is 0.714. The zero-order valence-corrected chi connectivity index (χ0v) is 13.1. The van der Waals surface area contributed by atoms with Crippen LogP contribution in [0.5, 0.6) is 0 Å². The summed E-state index contributed by atoms with van der Waals surface area (Å²) in [6.07, 6.45) is 5.84. The Bertz CT molecular complexity index is 462. The first-order chi connectivity index (χ1) is 9.60. The molecule has 0 saturated heterocycles. The molecular weight excluding hydrogens is 272 g/mol. The monoisotopic (exact) mass is 296 g/mol. The average Bonchev–Trinajstić information content (AvgIpc) is 2.76. The van der Waals surface area contributed by atoms with Crippen LogP contribution >= 0.6 is 11.3 Å². The molecule has 0 spiro atoms. The highest BCUT2D eigenvalue weighted by molar-refractivity contribution is 7.18. The van der Waals surface area contributed by atoms with Crippen molar-refractivity contribution >= 4 is 28.2 Å². The van der Waals surface area contributed by atoms with E-state index in [9.17, 15) is 4.79 Å². The van der Waals surface area contributed by atoms with Crippen LogP contribution in [0.3, 0.4) is 0 Å². The van der Waals surface area contributed by atoms with Crippen molar-refractivity contribution in [1.82, 2.24) is 10.3 Å². The molecule has 0 unspecified atom stereocenters. The molecule has 6 heteroatoms. The minimum atomic E-state index is -0.0933. The maximum absolute atomic E-state index is 12.2. The molecular formula is C14H24N4OS. The van der Waals surface area contributed by atoms with Crippen molar-refractivity contribution in [3.8, 4) is 0 Å². The SMILES string of the molecule is CCCNc1nc(N)c(C(=O)NCC2(CC)CCC2)s1. The Morgan fingerprint density at radius 1 is 1.45 bits per heavy atom. The predicted molar refractivity (Wildman–Crippen MR) is 84.2 cm³/mol. The summed E-state index contributed by atoms with van der Waals surface area (Å²) >= 11 is 1.33. The largest absolute Gasteiger partial charge is 0.382 e. The van der Waals surface area contributed by atoms with Crippen molar-refractivity contribution in [1.29, 1.82) is 0 Å². The molecule has 5 nitrogen and oxygen atoms in total. The van der Waals surface area contributed by atoms with E-state index in [2.05, 4.69) is 29.5 Å². The van der Waals surface area contributed by atoms with E-state index >= 15 is 0 Å². The number of carbonyl (C=O) groups excluding carboxylic acids is 1. The van der Waals surface area contributed by atoms with Crippen molar-refractivity contribution < 1.29 is 4.79 Å². The third kappa shape index (κ3) is 3.23. The lowest BCUT2D eigenvalue weighted by atomic mass is 9.67. The number of nitrogens with two attached hydrogens (primary N) is 1. The van der Waals surface area contributed by atoms with Gasteiger partial charge in [-0.05, 0) is 31.1 Å². The third-order valence-corrected chi connectivity index (χ3v) is 5.20. The van der Waals surface area contributed by atoms with Gasteiger partial charge in [0.25, 0.3) is 5.91 Å². The maximum atomic E-state index is 12.2. The van der Waals surface area contributed by atoms with Crippen molar-refractivity contribution in [2.24, 2.45) is 5.41 Å². The Balaban J connectivity index is 1.93. The zero-order valence-electron chi connectivity index (χ0n) is 12.3. The van der Waals surface area contributed by atoms with Gasteiger partial charge in [0.2, 0.25) is 0 Å². The first-order valence-corrected chi connectivity index (χ1v) is 8.20. The lowest BCUT2D eigenvalue weighted by Crippen LogP contribution is -2.41. The van der Waals surface area contributed by atoms with Crippen LogP contribution in [-0.2, 0) is 0 Å². The maximum Gasteiger partial charge on any atom is 0.265 e. The normalized spacial score (nSPS) is 16.5. The minimum absolute atomic E-state index is 0.0933. The van der Waals surface area contributed by atoms with E-state index in [0.29, 0.717) is 16.1 Å². The van der Waals surface area contributed by atoms with Crippen LogP contribution in [0.1, 0.15) is 55.6 Å². The topological polar surface area (TPSA) is 80.0 Å². The van der Waals surface area contributed by atoms with E-state index in [1.165, 1.54) is 30.6 Å². The third-order valence-electron chi connectivity index (χ3n) is 4.17. The van der Waals surface area contributed by atoms with Crippen LogP contribution in [0.25, 0.3) is 0 Å². The smallest absolute Gasteiger partial charge is 0.265 e. The van der Waals surface area contributed by atoms with Gasteiger partial charge in [-0.2, -0.15) is 0 Å². The molecule has 1 aliphatic carbocycles. The second kappa shape index (κ2) is 6.43. The molecule has 2 rings (SSSR count). The number of nitrogens with zero attached hydrogens (tertiary/aromatic N) is 1. The van der Waals surface area contributed by atoms with Gasteiger partial charge in [0, 0.05) is 13.1 Å². The number of carbonyl (C=O) groups is 1. The lowest BCUT2D eigenvalue weighted by Gasteiger charge is -2.41. The first kappa shape index (κ1) is 15.1. The van der Waals surface area contributed by atoms with Crippen LogP contribution in [0.15, 0.2) is 0 Å². The van der Waals surface area contributed by atoms with Gasteiger partial charge in [-0.3, -0.25) is 4.79 Å². The fourth-order valence-electron chi connectivity index (χ4n) is 2.48. The van der Waals surface area contributed by atoms with Crippen LogP contribution < -0.4 is 16.4 Å². The Hall–Kier alpha value is -1.30. The number of nitrogens with one attached hydrogen (secondary N) is 2. The number of thiazole rings is 1. The molecule has 0 radical (unpaired) electrons. The summed E-state index contributed by atoms with van der Waals surface area (Å²) < 4.78 is 0. The summed E-state index contributed by atoms with van der Waals surface area (Å²) in [7, 11) is 0. The number of hydrogen-bond donors (Lipinski definition) is 3. The van der Waals surface area contributed by atoms with E-state index in [-0.39, 0.29) is 5.91 Å². The van der Waals surface area contributed by atoms with Crippen LogP contribution in [0.2, 0.25) is 0 Å². The van der Waals surface area contributed by atoms with Crippen LogP contribution in [-0.4, -0.2) is 24.0 Å². The number of amides is 1. The quantitative estimate of drug-likeness (QED) is 0.723. The number of aromatic nitrogens is 1. The van der Waals surface area contributed by atoms with Gasteiger partial charge in [-0.15, -0.1) is 0 Å². The van der Waals surface area contributed by atoms with Gasteiger partial charge >= 0.3 is 0 Å². The Kier molecular flexibility index (Phi) is 4.86. The second-order valence-electron chi connectivity index (χ2n) is 5.55. The van der Waals surface area contributed by atoms with Gasteiger partial charge in [0.15, 0.2) is 5.13 Å². The summed E-state index contributed by atoms with van der Waals surface area (Å²) in [5.74, 6) is 0.231. The molecule has 1 aromatic heterocycles. The zero-order chi connectivity index (χ0) is 14.6. The van der Waals surface area contributed by atoms with Crippen molar-refractivity contribution in [3.63, 3.8) is 0 Å². The molecule has 1 saturated carbocycles. The highest BCUT2D eigenvalue weighted by Crippen LogP contribution is 2.43. The lowest BCUT2D eigenvalue weighted by molar-refractivity contribution is 0.0854. The fourth-order valence-corrected chi connectivity index (χ4v) is 3.31. The minimum Gasteiger partial charge on any atom is -0.382 e. The Labute approximate surface area is 124 Å². The molecule has 0 atom stereocenters. The van der Waals surface area contributed by atoms with Gasteiger partial charge in [0.05, 0.1) is 0 Å². The standard InChI is InChI=1S/C14H24N4OS/c1-3-8-16-13-18-11(15)10(20-13)12(19)17-9-14(4-2)6-5-7-14/h3-9,15H2,1-2H3,(H,16,18)(H,17,19). The molecule has 1 heterocycles. The highest BCUT2D eigenvalue weighted by Gasteiger charge is 2.35. The molecule has 0 aliphatic heterocycles. The summed E-state index contributed by atoms with van der Waals surface area (Å²) in [6.45, 7) is 5.86. The number of rotatable bonds is 7. The molecule has 4 N–H and O–H groups in total. The van der Waals surface area contributed by atoms with E-state index < -0.39 is 0 Å². The summed E-state index contributed by atoms with van der Waals surface area (Å²) in [4.78, 5) is 16.9. The summed E-state index contributed by atoms with van der Waals surface area (Å²) in [5.41, 5.74) is 6.15. The Morgan fingerprint density at radius 3 is 2.75 bits per heavy atom. The molecule has 1 amide bonds. The van der Waals surface area contributed by atoms with Gasteiger partial charge < -0.3 is 16.4 Å². The molecule has 0 aromatic carbocycles. The predicted octanol–water partition coefficient (Wildman–Crippen LogP) is 2.86. The van der Waals surface area contributed by atoms with Crippen molar-refractivity contribution in [3.05, 3.63) is 4.88 Å². The molecule has 112 valence electrons. The van der Waals surface area contributed by atoms with Gasteiger partial charge in [0.1, 0.15) is 10.7 Å². The second-order valence-corrected chi connectivity index (χ2v) is 6.55. The van der Waals surface area contributed by atoms with E-state index in [0.717, 1.165) is 31.1 Å². The molecule has 1 aromatic rings. The molecule has 1 fully saturated rings. The number of nitrogen functional groups attached to an aromatic ring is 1. The van der Waals surface area contributed by atoms with Crippen molar-refractivity contribution in [2.45, 2.75) is 46.0 Å². The first-order valence-electron chi connectivity index (χ1n) is 7.38. The molecule has 20 heavy (non-hydrogen) atoms. The van der Waals surface area contributed by atoms with Gasteiger partial charge in [-0.1, -0.05) is 31.6 Å². The van der Waals surface area contributed by atoms with E-state index in [1.807, 2.05) is 0 Å². The summed E-state index contributed by atoms with van der Waals surface area (Å²) in [6, 6.07) is 0. The van der Waals surface area contributed by atoms with E-state index in [1.54, 1.807) is 0 Å². The highest BCUT2D eigenvalue weighted by atomic mass is 32.1. The Morgan fingerprint density at radius 2 is 2.20 bits per heavy atom. The summed E-state index contributed by atoms with van der Waals surface area (Å²) in [5, 5.41) is 6.92. The average molecular weight is 296 g/mol. The molecule has 1 aliphatic rings. The van der Waals surface area contributed by atoms with Crippen LogP contribution in [0.4, 0.5) is 10.9 Å². The van der Waals surface area contributed by atoms with Gasteiger partial charge in [-0.25, -0.2) is 4.98 Å². The molecule has 0 bridgehead atoms. The number of anilines is 2. The van der Waals surface area contributed by atoms with E-state index in [4.69, 9.17) is 5.73 Å². The van der Waals surface area contributed by atoms with Crippen molar-refractivity contribution in [2.75, 3.05) is 24.1 Å².